The van der Waals surface area contributed by atoms with Crippen LogP contribution in [0.4, 0.5) is 8.78 Å². The molecule has 0 aromatic heterocycles. The average molecular weight is 410 g/mol. The molecule has 0 radical (unpaired) electrons. The van der Waals surface area contributed by atoms with Crippen LogP contribution in [0.3, 0.4) is 0 Å². The van der Waals surface area contributed by atoms with Crippen LogP contribution in [0, 0.1) is 0 Å². The maximum atomic E-state index is 12.6. The molecule has 0 unspecified atom stereocenters. The number of carbonyl (C=O) groups is 2. The number of Topliss-reactive ketones (excluding diaryl/α,β-unsaturated/α-hetero) is 1. The summed E-state index contributed by atoms with van der Waals surface area (Å²) < 4.78 is 49.4. The molecule has 0 aliphatic carbocycles. The van der Waals surface area contributed by atoms with Crippen molar-refractivity contribution in [2.45, 2.75) is 19.6 Å². The Morgan fingerprint density at radius 2 is 1.41 bits per heavy atom. The number of rotatable bonds is 9. The van der Waals surface area contributed by atoms with Gasteiger partial charge in [-0.2, -0.15) is 8.78 Å². The smallest absolute Gasteiger partial charge is 0.387 e. The van der Waals surface area contributed by atoms with Gasteiger partial charge in [-0.3, -0.25) is 4.79 Å². The minimum Gasteiger partial charge on any atom is -0.496 e. The summed E-state index contributed by atoms with van der Waals surface area (Å²) in [6, 6.07) is 7.91. The minimum absolute atomic E-state index is 0.0467. The van der Waals surface area contributed by atoms with Gasteiger partial charge in [0.2, 0.25) is 5.78 Å². The second kappa shape index (κ2) is 9.72. The molecule has 29 heavy (non-hydrogen) atoms. The second-order valence-electron chi connectivity index (χ2n) is 5.72. The van der Waals surface area contributed by atoms with Gasteiger partial charge in [-0.25, -0.2) is 4.79 Å². The Morgan fingerprint density at radius 1 is 0.862 bits per heavy atom. The molecule has 1 atom stereocenters. The lowest BCUT2D eigenvalue weighted by atomic mass is 10.1. The molecular formula is C20H20F2O7. The van der Waals surface area contributed by atoms with Crippen LogP contribution in [-0.4, -0.2) is 45.8 Å². The molecule has 2 aromatic carbocycles. The highest BCUT2D eigenvalue weighted by Gasteiger charge is 2.24. The number of hydrogen-bond donors (Lipinski definition) is 0. The number of alkyl halides is 2. The van der Waals surface area contributed by atoms with Crippen molar-refractivity contribution in [2.75, 3.05) is 21.3 Å². The number of ketones is 1. The summed E-state index contributed by atoms with van der Waals surface area (Å²) in [7, 11) is 4.22. The number of hydrogen-bond acceptors (Lipinski definition) is 7. The summed E-state index contributed by atoms with van der Waals surface area (Å²) in [6.45, 7) is -1.57. The molecule has 0 N–H and O–H groups in total. The van der Waals surface area contributed by atoms with E-state index < -0.39 is 24.5 Å². The Labute approximate surface area is 166 Å². The van der Waals surface area contributed by atoms with E-state index in [1.165, 1.54) is 64.7 Å². The van der Waals surface area contributed by atoms with Gasteiger partial charge in [-0.1, -0.05) is 0 Å². The third-order valence-electron chi connectivity index (χ3n) is 3.94. The zero-order valence-corrected chi connectivity index (χ0v) is 16.2. The summed E-state index contributed by atoms with van der Waals surface area (Å²) in [5.41, 5.74) is 0.219. The van der Waals surface area contributed by atoms with Crippen LogP contribution in [-0.2, 0) is 4.74 Å². The fourth-order valence-corrected chi connectivity index (χ4v) is 2.50. The predicted octanol–water partition coefficient (Wildman–Crippen LogP) is 3.74. The fourth-order valence-electron chi connectivity index (χ4n) is 2.50. The van der Waals surface area contributed by atoms with Gasteiger partial charge in [0.1, 0.15) is 17.1 Å². The monoisotopic (exact) mass is 410 g/mol. The van der Waals surface area contributed by atoms with Gasteiger partial charge in [0.15, 0.2) is 17.6 Å². The number of carbonyl (C=O) groups excluding carboxylic acids is 2. The van der Waals surface area contributed by atoms with Gasteiger partial charge in [-0.15, -0.1) is 0 Å². The Hall–Kier alpha value is -3.36. The Balaban J connectivity index is 2.16. The summed E-state index contributed by atoms with van der Waals surface area (Å²) >= 11 is 0. The zero-order chi connectivity index (χ0) is 21.6. The van der Waals surface area contributed by atoms with E-state index in [1.807, 2.05) is 0 Å². The number of halogens is 2. The molecule has 2 rings (SSSR count). The van der Waals surface area contributed by atoms with E-state index in [2.05, 4.69) is 4.74 Å². The van der Waals surface area contributed by atoms with Crippen molar-refractivity contribution in [3.63, 3.8) is 0 Å². The molecular weight excluding hydrogens is 390 g/mol. The van der Waals surface area contributed by atoms with E-state index in [0.717, 1.165) is 0 Å². The summed E-state index contributed by atoms with van der Waals surface area (Å²) in [5.74, 6) is -0.579. The lowest BCUT2D eigenvalue weighted by Crippen LogP contribution is -2.24. The second-order valence-corrected chi connectivity index (χ2v) is 5.72. The lowest BCUT2D eigenvalue weighted by molar-refractivity contribution is -0.0498. The van der Waals surface area contributed by atoms with Crippen molar-refractivity contribution >= 4 is 11.8 Å². The van der Waals surface area contributed by atoms with E-state index in [1.54, 1.807) is 0 Å². The maximum Gasteiger partial charge on any atom is 0.387 e. The highest BCUT2D eigenvalue weighted by atomic mass is 19.3. The molecule has 0 amide bonds. The lowest BCUT2D eigenvalue weighted by Gasteiger charge is -2.16. The molecule has 0 heterocycles. The van der Waals surface area contributed by atoms with E-state index in [4.69, 9.17) is 18.9 Å². The number of ether oxygens (including phenoxy) is 5. The third kappa shape index (κ3) is 5.34. The van der Waals surface area contributed by atoms with Gasteiger partial charge in [0.25, 0.3) is 0 Å². The zero-order valence-electron chi connectivity index (χ0n) is 16.2. The SMILES string of the molecule is COc1cc(OC)c(C(=O)O[C@@H](C)C(=O)c2ccc(OC(F)F)cc2)cc1OC. The largest absolute Gasteiger partial charge is 0.496 e. The van der Waals surface area contributed by atoms with E-state index in [0.29, 0.717) is 5.75 Å². The van der Waals surface area contributed by atoms with Crippen molar-refractivity contribution in [3.05, 3.63) is 47.5 Å². The van der Waals surface area contributed by atoms with Crippen LogP contribution >= 0.6 is 0 Å². The highest BCUT2D eigenvalue weighted by molar-refractivity contribution is 6.02. The van der Waals surface area contributed by atoms with Gasteiger partial charge < -0.3 is 23.7 Å². The quantitative estimate of drug-likeness (QED) is 0.460. The molecule has 0 saturated heterocycles. The van der Waals surface area contributed by atoms with Gasteiger partial charge >= 0.3 is 12.6 Å². The summed E-state index contributed by atoms with van der Waals surface area (Å²) in [6.07, 6.45) is -1.14. The molecule has 2 aromatic rings. The average Bonchev–Trinajstić information content (AvgIpc) is 2.72. The normalized spacial score (nSPS) is 11.6. The number of esters is 1. The van der Waals surface area contributed by atoms with Crippen molar-refractivity contribution in [2.24, 2.45) is 0 Å². The van der Waals surface area contributed by atoms with Crippen molar-refractivity contribution in [1.82, 2.24) is 0 Å². The first-order valence-corrected chi connectivity index (χ1v) is 8.40. The molecule has 7 nitrogen and oxygen atoms in total. The standard InChI is InChI=1S/C20H20F2O7/c1-11(18(23)12-5-7-13(8-6-12)29-20(21)22)28-19(24)14-9-16(26-3)17(27-4)10-15(14)25-2/h5-11,20H,1-4H3/t11-/m0/s1. The predicted molar refractivity (Wildman–Crippen MR) is 98.4 cm³/mol. The first-order valence-electron chi connectivity index (χ1n) is 8.40. The third-order valence-corrected chi connectivity index (χ3v) is 3.94. The molecule has 0 aliphatic heterocycles. The Morgan fingerprint density at radius 3 is 1.93 bits per heavy atom. The number of methoxy groups -OCH3 is 3. The molecule has 0 bridgehead atoms. The van der Waals surface area contributed by atoms with Crippen molar-refractivity contribution < 1.29 is 42.1 Å². The van der Waals surface area contributed by atoms with Crippen LogP contribution < -0.4 is 18.9 Å². The Kier molecular flexibility index (Phi) is 7.35. The molecule has 0 spiro atoms. The van der Waals surface area contributed by atoms with Gasteiger partial charge in [0, 0.05) is 17.7 Å². The van der Waals surface area contributed by atoms with Crippen LogP contribution in [0.25, 0.3) is 0 Å². The van der Waals surface area contributed by atoms with Crippen molar-refractivity contribution in [3.8, 4) is 23.0 Å². The molecule has 0 aliphatic rings. The first kappa shape index (κ1) is 21.9. The van der Waals surface area contributed by atoms with Crippen LogP contribution in [0.1, 0.15) is 27.6 Å². The van der Waals surface area contributed by atoms with E-state index in [-0.39, 0.29) is 28.4 Å². The first-order chi connectivity index (χ1) is 13.8. The topological polar surface area (TPSA) is 80.3 Å². The van der Waals surface area contributed by atoms with E-state index >= 15 is 0 Å². The minimum atomic E-state index is -2.96. The van der Waals surface area contributed by atoms with Crippen LogP contribution in [0.5, 0.6) is 23.0 Å². The van der Waals surface area contributed by atoms with Gasteiger partial charge in [0.05, 0.1) is 21.3 Å². The van der Waals surface area contributed by atoms with Crippen LogP contribution in [0.2, 0.25) is 0 Å². The highest BCUT2D eigenvalue weighted by Crippen LogP contribution is 2.35. The molecule has 9 heteroatoms. The number of benzene rings is 2. The summed E-state index contributed by atoms with van der Waals surface area (Å²) in [5, 5.41) is 0. The molecule has 156 valence electrons. The van der Waals surface area contributed by atoms with Crippen molar-refractivity contribution in [1.29, 1.82) is 0 Å². The molecule has 0 saturated carbocycles. The Bertz CT molecular complexity index is 866. The fraction of sp³-hybridized carbons (Fsp3) is 0.300. The maximum absolute atomic E-state index is 12.6. The van der Waals surface area contributed by atoms with E-state index in [9.17, 15) is 18.4 Å². The molecule has 0 fully saturated rings. The van der Waals surface area contributed by atoms with Gasteiger partial charge in [-0.05, 0) is 31.2 Å². The summed E-state index contributed by atoms with van der Waals surface area (Å²) in [4.78, 5) is 25.0. The van der Waals surface area contributed by atoms with Crippen LogP contribution in [0.15, 0.2) is 36.4 Å².